The second-order valence-electron chi connectivity index (χ2n) is 6.07. The minimum absolute atomic E-state index is 0.154. The van der Waals surface area contributed by atoms with E-state index in [1.807, 2.05) is 0 Å². The Morgan fingerprint density at radius 3 is 2.00 bits per heavy atom. The van der Waals surface area contributed by atoms with Crippen molar-refractivity contribution < 1.29 is 23.5 Å². The minimum atomic E-state index is -1.58. The maximum atomic E-state index is 14.5. The summed E-state index contributed by atoms with van der Waals surface area (Å²) in [5.74, 6) is -1.29. The highest BCUT2D eigenvalue weighted by Crippen LogP contribution is 2.37. The Bertz CT molecular complexity index is 850. The van der Waals surface area contributed by atoms with Gasteiger partial charge >= 0.3 is 11.9 Å². The van der Waals surface area contributed by atoms with Crippen LogP contribution in [0.3, 0.4) is 0 Å². The van der Waals surface area contributed by atoms with Crippen LogP contribution in [0.15, 0.2) is 48.5 Å². The van der Waals surface area contributed by atoms with Gasteiger partial charge in [0, 0.05) is 15.2 Å². The van der Waals surface area contributed by atoms with Crippen molar-refractivity contribution >= 4 is 54.7 Å². The molecule has 2 aromatic rings. The first-order valence-electron chi connectivity index (χ1n) is 8.29. The molecule has 9 heteroatoms. The molecule has 4 nitrogen and oxygen atoms in total. The number of halogens is 3. The van der Waals surface area contributed by atoms with Gasteiger partial charge in [0.05, 0.1) is 24.2 Å². The van der Waals surface area contributed by atoms with Crippen molar-refractivity contribution in [2.24, 2.45) is 0 Å². The summed E-state index contributed by atoms with van der Waals surface area (Å²) in [5, 5.41) is -0.562. The van der Waals surface area contributed by atoms with E-state index in [-0.39, 0.29) is 12.2 Å². The lowest BCUT2D eigenvalue weighted by atomic mass is 9.95. The normalized spacial score (nSPS) is 24.0. The summed E-state index contributed by atoms with van der Waals surface area (Å²) in [5.41, 5.74) is 0.544. The van der Waals surface area contributed by atoms with Gasteiger partial charge in [-0.15, -0.1) is 0 Å². The van der Waals surface area contributed by atoms with Gasteiger partial charge in [-0.25, -0.2) is 14.0 Å². The van der Waals surface area contributed by atoms with Crippen LogP contribution in [0.5, 0.6) is 0 Å². The molecule has 1 fully saturated rings. The van der Waals surface area contributed by atoms with Crippen LogP contribution < -0.4 is 0 Å². The molecule has 0 N–H and O–H groups in total. The first-order chi connectivity index (χ1) is 13.3. The molecule has 3 rings (SSSR count). The number of esters is 2. The third-order valence-corrected chi connectivity index (χ3v) is 5.94. The molecule has 2 aromatic carbocycles. The summed E-state index contributed by atoms with van der Waals surface area (Å²) in [7, 11) is 5.75. The number of benzene rings is 2. The molecule has 2 radical (unpaired) electrons. The molecular weight excluding hydrogens is 425 g/mol. The fourth-order valence-electron chi connectivity index (χ4n) is 2.63. The van der Waals surface area contributed by atoms with Crippen LogP contribution in [0, 0.1) is 0 Å². The Balaban J connectivity index is 1.63. The van der Waals surface area contributed by atoms with E-state index in [0.717, 1.165) is 11.8 Å². The van der Waals surface area contributed by atoms with E-state index in [9.17, 15) is 14.0 Å². The average Bonchev–Trinajstić information content (AvgIpc) is 2.95. The third-order valence-electron chi connectivity index (χ3n) is 4.11. The van der Waals surface area contributed by atoms with Gasteiger partial charge in [-0.1, -0.05) is 23.2 Å². The first-order valence-corrected chi connectivity index (χ1v) is 9.99. The number of thioether (sulfide) groups is 1. The fraction of sp³-hybridized carbons (Fsp3) is 0.263. The van der Waals surface area contributed by atoms with Crippen molar-refractivity contribution in [3.63, 3.8) is 0 Å². The monoisotopic (exact) mass is 438 g/mol. The van der Waals surface area contributed by atoms with Gasteiger partial charge in [0.2, 0.25) is 0 Å². The lowest BCUT2D eigenvalue weighted by molar-refractivity contribution is 0.00368. The Hall–Kier alpha value is -1.70. The van der Waals surface area contributed by atoms with Crippen molar-refractivity contribution in [2.75, 3.05) is 6.61 Å². The molecule has 28 heavy (non-hydrogen) atoms. The number of ether oxygens (including phenoxy) is 2. The molecule has 1 aliphatic rings. The Labute approximate surface area is 177 Å². The van der Waals surface area contributed by atoms with E-state index in [2.05, 4.69) is 0 Å². The predicted octanol–water partition coefficient (Wildman–Crippen LogP) is 4.32. The summed E-state index contributed by atoms with van der Waals surface area (Å²) in [6, 6.07) is 12.2. The maximum Gasteiger partial charge on any atom is 0.338 e. The molecule has 0 unspecified atom stereocenters. The van der Waals surface area contributed by atoms with Gasteiger partial charge in [-0.2, -0.15) is 11.8 Å². The highest BCUT2D eigenvalue weighted by Gasteiger charge is 2.45. The molecule has 1 aliphatic heterocycles. The van der Waals surface area contributed by atoms with Gasteiger partial charge in [0.1, 0.15) is 18.9 Å². The lowest BCUT2D eigenvalue weighted by Crippen LogP contribution is -2.36. The molecular formula is C19H14BCl2FO4S. The molecule has 0 aliphatic carbocycles. The molecule has 0 amide bonds. The highest BCUT2D eigenvalue weighted by molar-refractivity contribution is 8.02. The second kappa shape index (κ2) is 9.20. The third kappa shape index (κ3) is 5.02. The maximum absolute atomic E-state index is 14.5. The minimum Gasteiger partial charge on any atom is -0.461 e. The van der Waals surface area contributed by atoms with Crippen LogP contribution in [0.1, 0.15) is 20.7 Å². The van der Waals surface area contributed by atoms with Crippen LogP contribution in [0.2, 0.25) is 10.0 Å². The number of alkyl halides is 1. The van der Waals surface area contributed by atoms with E-state index >= 15 is 0 Å². The van der Waals surface area contributed by atoms with Gasteiger partial charge < -0.3 is 9.47 Å². The van der Waals surface area contributed by atoms with Gasteiger partial charge in [0.25, 0.3) is 0 Å². The quantitative estimate of drug-likeness (QED) is 0.513. The molecule has 4 atom stereocenters. The Morgan fingerprint density at radius 1 is 0.964 bits per heavy atom. The van der Waals surface area contributed by atoms with Crippen LogP contribution >= 0.6 is 35.0 Å². The summed E-state index contributed by atoms with van der Waals surface area (Å²) >= 11 is 12.7. The standard InChI is InChI=1S/C19H14BCl2FO4S/c20-17-15(23)16(27-19(25)11-3-7-13(22)8-4-11)14(28-17)9-26-18(24)10-1-5-12(21)6-2-10/h1-8,14-17H,9H2/t14-,15+,16-,17+/m1/s1. The summed E-state index contributed by atoms with van der Waals surface area (Å²) in [6.07, 6.45) is -2.72. The zero-order chi connectivity index (χ0) is 20.3. The van der Waals surface area contributed by atoms with E-state index in [4.69, 9.17) is 40.5 Å². The second-order valence-corrected chi connectivity index (χ2v) is 8.36. The van der Waals surface area contributed by atoms with Crippen LogP contribution in [0.4, 0.5) is 4.39 Å². The lowest BCUT2D eigenvalue weighted by Gasteiger charge is -2.21. The summed E-state index contributed by atoms with van der Waals surface area (Å²) in [4.78, 5) is 24.4. The predicted molar refractivity (Wildman–Crippen MR) is 108 cm³/mol. The van der Waals surface area contributed by atoms with Crippen molar-refractivity contribution in [3.8, 4) is 0 Å². The molecule has 1 heterocycles. The topological polar surface area (TPSA) is 52.6 Å². The molecule has 1 saturated heterocycles. The molecule has 144 valence electrons. The van der Waals surface area contributed by atoms with E-state index in [1.54, 1.807) is 12.1 Å². The smallest absolute Gasteiger partial charge is 0.338 e. The number of carbonyl (C=O) groups excluding carboxylic acids is 2. The average molecular weight is 439 g/mol. The van der Waals surface area contributed by atoms with Crippen LogP contribution in [0.25, 0.3) is 0 Å². The van der Waals surface area contributed by atoms with E-state index in [1.165, 1.54) is 36.4 Å². The zero-order valence-corrected chi connectivity index (χ0v) is 16.7. The Morgan fingerprint density at radius 2 is 1.46 bits per heavy atom. The van der Waals surface area contributed by atoms with Crippen molar-refractivity contribution in [1.29, 1.82) is 0 Å². The first kappa shape index (κ1) is 21.0. The molecule has 0 bridgehead atoms. The van der Waals surface area contributed by atoms with Gasteiger partial charge in [-0.05, 0) is 48.5 Å². The van der Waals surface area contributed by atoms with Crippen molar-refractivity contribution in [2.45, 2.75) is 22.7 Å². The number of rotatable bonds is 5. The summed E-state index contributed by atoms with van der Waals surface area (Å²) < 4.78 is 25.0. The van der Waals surface area contributed by atoms with E-state index in [0.29, 0.717) is 15.6 Å². The van der Waals surface area contributed by atoms with Gasteiger partial charge in [0.15, 0.2) is 0 Å². The number of hydrogen-bond donors (Lipinski definition) is 0. The van der Waals surface area contributed by atoms with Crippen LogP contribution in [-0.2, 0) is 9.47 Å². The summed E-state index contributed by atoms with van der Waals surface area (Å²) in [6.45, 7) is -0.154. The van der Waals surface area contributed by atoms with Crippen LogP contribution in [-0.4, -0.2) is 49.1 Å². The zero-order valence-electron chi connectivity index (χ0n) is 14.4. The van der Waals surface area contributed by atoms with Crippen molar-refractivity contribution in [1.82, 2.24) is 0 Å². The number of carbonyl (C=O) groups is 2. The molecule has 0 saturated carbocycles. The largest absolute Gasteiger partial charge is 0.461 e. The highest BCUT2D eigenvalue weighted by atomic mass is 35.5. The van der Waals surface area contributed by atoms with Gasteiger partial charge in [-0.3, -0.25) is 0 Å². The Kier molecular flexibility index (Phi) is 6.91. The molecule has 0 spiro atoms. The number of hydrogen-bond acceptors (Lipinski definition) is 5. The van der Waals surface area contributed by atoms with E-state index < -0.39 is 34.6 Å². The van der Waals surface area contributed by atoms with Crippen molar-refractivity contribution in [3.05, 3.63) is 69.7 Å². The SMILES string of the molecule is [B][C@H]1S[C@H](COC(=O)c2ccc(Cl)cc2)[C@@H](OC(=O)c2ccc(Cl)cc2)[C@@H]1F. The molecule has 0 aromatic heterocycles. The fourth-order valence-corrected chi connectivity index (χ4v) is 4.09.